The van der Waals surface area contributed by atoms with Gasteiger partial charge in [0.15, 0.2) is 5.82 Å². The maximum Gasteiger partial charge on any atom is 0.421 e. The van der Waals surface area contributed by atoms with Gasteiger partial charge in [-0.05, 0) is 43.2 Å². The van der Waals surface area contributed by atoms with Gasteiger partial charge in [-0.25, -0.2) is 4.98 Å². The van der Waals surface area contributed by atoms with Crippen molar-refractivity contribution >= 4 is 23.1 Å². The number of hydrogen-bond donors (Lipinski definition) is 1. The van der Waals surface area contributed by atoms with Crippen molar-refractivity contribution in [3.8, 4) is 0 Å². The van der Waals surface area contributed by atoms with E-state index in [0.717, 1.165) is 23.7 Å². The quantitative estimate of drug-likeness (QED) is 0.595. The van der Waals surface area contributed by atoms with Crippen LogP contribution in [0.4, 0.5) is 36.3 Å². The molecule has 7 heteroatoms. The van der Waals surface area contributed by atoms with Crippen LogP contribution in [0.3, 0.4) is 0 Å². The topological polar surface area (TPSA) is 41.1 Å². The first-order chi connectivity index (χ1) is 13.3. The number of nitrogens with zero attached hydrogens (tertiary/aromatic N) is 3. The fraction of sp³-hybridized carbons (Fsp3) is 0.238. The molecule has 2 aromatic carbocycles. The van der Waals surface area contributed by atoms with E-state index in [-0.39, 0.29) is 11.8 Å². The summed E-state index contributed by atoms with van der Waals surface area (Å²) in [7, 11) is 1.56. The maximum atomic E-state index is 13.5. The van der Waals surface area contributed by atoms with E-state index in [9.17, 15) is 13.2 Å². The molecule has 3 rings (SSSR count). The zero-order valence-corrected chi connectivity index (χ0v) is 15.9. The number of aryl methyl sites for hydroxylation is 2. The van der Waals surface area contributed by atoms with Crippen LogP contribution < -0.4 is 10.2 Å². The summed E-state index contributed by atoms with van der Waals surface area (Å²) in [6, 6.07) is 14.8. The molecule has 0 atom stereocenters. The van der Waals surface area contributed by atoms with Gasteiger partial charge in [0, 0.05) is 24.6 Å². The Morgan fingerprint density at radius 1 is 1.00 bits per heavy atom. The van der Waals surface area contributed by atoms with Crippen LogP contribution >= 0.6 is 0 Å². The lowest BCUT2D eigenvalue weighted by molar-refractivity contribution is -0.137. The summed E-state index contributed by atoms with van der Waals surface area (Å²) in [5.41, 5.74) is 2.62. The number of hydrogen-bond acceptors (Lipinski definition) is 4. The third-order valence-electron chi connectivity index (χ3n) is 4.43. The molecule has 0 aliphatic rings. The molecule has 0 spiro atoms. The van der Waals surface area contributed by atoms with E-state index >= 15 is 0 Å². The van der Waals surface area contributed by atoms with E-state index in [1.807, 2.05) is 50.2 Å². The second-order valence-electron chi connectivity index (χ2n) is 6.50. The SMILES string of the molecule is CCc1ccc(N(C)c2nc(Nc3ccc(C)cc3)ncc2C(F)(F)F)cc1. The van der Waals surface area contributed by atoms with Gasteiger partial charge in [-0.15, -0.1) is 0 Å². The molecule has 0 aliphatic heterocycles. The van der Waals surface area contributed by atoms with Crippen LogP contribution in [0, 0.1) is 6.92 Å². The van der Waals surface area contributed by atoms with Crippen LogP contribution in [0.5, 0.6) is 0 Å². The third kappa shape index (κ3) is 4.42. The second kappa shape index (κ2) is 7.88. The highest BCUT2D eigenvalue weighted by molar-refractivity contribution is 5.65. The Morgan fingerprint density at radius 2 is 1.64 bits per heavy atom. The van der Waals surface area contributed by atoms with E-state index in [1.165, 1.54) is 4.90 Å². The van der Waals surface area contributed by atoms with Crippen molar-refractivity contribution in [1.82, 2.24) is 9.97 Å². The van der Waals surface area contributed by atoms with Crippen LogP contribution in [0.2, 0.25) is 0 Å². The van der Waals surface area contributed by atoms with Crippen LogP contribution in [0.15, 0.2) is 54.7 Å². The first kappa shape index (κ1) is 19.7. The van der Waals surface area contributed by atoms with Gasteiger partial charge in [-0.1, -0.05) is 36.8 Å². The molecule has 28 heavy (non-hydrogen) atoms. The monoisotopic (exact) mass is 386 g/mol. The number of rotatable bonds is 5. The molecular formula is C21H21F3N4. The second-order valence-corrected chi connectivity index (χ2v) is 6.50. The Kier molecular flexibility index (Phi) is 5.53. The summed E-state index contributed by atoms with van der Waals surface area (Å²) < 4.78 is 40.6. The summed E-state index contributed by atoms with van der Waals surface area (Å²) in [5.74, 6) is -0.106. The zero-order valence-electron chi connectivity index (χ0n) is 15.9. The Balaban J connectivity index is 1.98. The minimum absolute atomic E-state index is 0.101. The summed E-state index contributed by atoms with van der Waals surface area (Å²) >= 11 is 0. The highest BCUT2D eigenvalue weighted by Gasteiger charge is 2.36. The lowest BCUT2D eigenvalue weighted by atomic mass is 10.1. The molecule has 0 amide bonds. The van der Waals surface area contributed by atoms with E-state index in [4.69, 9.17) is 0 Å². The number of alkyl halides is 3. The van der Waals surface area contributed by atoms with Gasteiger partial charge in [0.05, 0.1) is 0 Å². The molecule has 0 unspecified atom stereocenters. The molecule has 4 nitrogen and oxygen atoms in total. The van der Waals surface area contributed by atoms with E-state index < -0.39 is 11.7 Å². The molecule has 1 heterocycles. The molecule has 0 aliphatic carbocycles. The van der Waals surface area contributed by atoms with Gasteiger partial charge in [-0.3, -0.25) is 0 Å². The van der Waals surface area contributed by atoms with Crippen molar-refractivity contribution < 1.29 is 13.2 Å². The third-order valence-corrected chi connectivity index (χ3v) is 4.43. The predicted molar refractivity (Wildman–Crippen MR) is 105 cm³/mol. The summed E-state index contributed by atoms with van der Waals surface area (Å²) in [4.78, 5) is 9.44. The highest BCUT2D eigenvalue weighted by Crippen LogP contribution is 2.37. The predicted octanol–water partition coefficient (Wildman–Crippen LogP) is 5.88. The van der Waals surface area contributed by atoms with Gasteiger partial charge in [-0.2, -0.15) is 18.2 Å². The van der Waals surface area contributed by atoms with Crippen molar-refractivity contribution in [2.24, 2.45) is 0 Å². The molecule has 146 valence electrons. The Bertz CT molecular complexity index is 935. The highest BCUT2D eigenvalue weighted by atomic mass is 19.4. The van der Waals surface area contributed by atoms with Gasteiger partial charge >= 0.3 is 6.18 Å². The van der Waals surface area contributed by atoms with Crippen LogP contribution in [0.25, 0.3) is 0 Å². The summed E-state index contributed by atoms with van der Waals surface area (Å²) in [6.45, 7) is 3.98. The van der Waals surface area contributed by atoms with E-state index in [0.29, 0.717) is 11.4 Å². The fourth-order valence-electron chi connectivity index (χ4n) is 2.73. The Labute approximate surface area is 162 Å². The summed E-state index contributed by atoms with van der Waals surface area (Å²) in [5, 5.41) is 2.96. The lowest BCUT2D eigenvalue weighted by Crippen LogP contribution is -2.19. The molecule has 0 bridgehead atoms. The molecule has 0 saturated heterocycles. The van der Waals surface area contributed by atoms with Gasteiger partial charge in [0.25, 0.3) is 0 Å². The van der Waals surface area contributed by atoms with Crippen molar-refractivity contribution in [3.63, 3.8) is 0 Å². The Hall–Kier alpha value is -3.09. The molecule has 1 aromatic heterocycles. The maximum absolute atomic E-state index is 13.5. The number of halogens is 3. The van der Waals surface area contributed by atoms with Crippen molar-refractivity contribution in [1.29, 1.82) is 0 Å². The van der Waals surface area contributed by atoms with Crippen molar-refractivity contribution in [2.45, 2.75) is 26.4 Å². The standard InChI is InChI=1S/C21H21F3N4/c1-4-15-7-11-17(12-8-15)28(3)19-18(21(22,23)24)13-25-20(27-19)26-16-9-5-14(2)6-10-16/h5-13H,4H2,1-3H3,(H,25,26,27). The molecule has 0 fully saturated rings. The average Bonchev–Trinajstić information content (AvgIpc) is 2.68. The molecule has 0 saturated carbocycles. The fourth-order valence-corrected chi connectivity index (χ4v) is 2.73. The van der Waals surface area contributed by atoms with Crippen LogP contribution in [0.1, 0.15) is 23.6 Å². The van der Waals surface area contributed by atoms with Gasteiger partial charge < -0.3 is 10.2 Å². The Morgan fingerprint density at radius 3 is 2.21 bits per heavy atom. The largest absolute Gasteiger partial charge is 0.421 e. The van der Waals surface area contributed by atoms with Crippen LogP contribution in [-0.4, -0.2) is 17.0 Å². The minimum atomic E-state index is -4.56. The average molecular weight is 386 g/mol. The minimum Gasteiger partial charge on any atom is -0.329 e. The smallest absolute Gasteiger partial charge is 0.329 e. The van der Waals surface area contributed by atoms with Crippen LogP contribution in [-0.2, 0) is 12.6 Å². The molecule has 1 N–H and O–H groups in total. The first-order valence-electron chi connectivity index (χ1n) is 8.88. The molecule has 3 aromatic rings. The molecule has 0 radical (unpaired) electrons. The molecular weight excluding hydrogens is 365 g/mol. The normalized spacial score (nSPS) is 11.4. The number of anilines is 4. The zero-order chi connectivity index (χ0) is 20.3. The number of aromatic nitrogens is 2. The summed E-state index contributed by atoms with van der Waals surface area (Å²) in [6.07, 6.45) is -2.89. The van der Waals surface area contributed by atoms with Gasteiger partial charge in [0.1, 0.15) is 5.56 Å². The lowest BCUT2D eigenvalue weighted by Gasteiger charge is -2.23. The van der Waals surface area contributed by atoms with Gasteiger partial charge in [0.2, 0.25) is 5.95 Å². The number of benzene rings is 2. The van der Waals surface area contributed by atoms with Crippen molar-refractivity contribution in [3.05, 3.63) is 71.4 Å². The van der Waals surface area contributed by atoms with E-state index in [1.54, 1.807) is 19.2 Å². The van der Waals surface area contributed by atoms with Crippen molar-refractivity contribution in [2.75, 3.05) is 17.3 Å². The van der Waals surface area contributed by atoms with E-state index in [2.05, 4.69) is 15.3 Å². The first-order valence-corrected chi connectivity index (χ1v) is 8.88. The number of nitrogens with one attached hydrogen (secondary N) is 1.